The molecule has 7 heteroatoms. The smallest absolute Gasteiger partial charge is 0.296 e. The van der Waals surface area contributed by atoms with Crippen LogP contribution in [0.2, 0.25) is 0 Å². The van der Waals surface area contributed by atoms with Gasteiger partial charge in [0, 0.05) is 11.1 Å². The predicted molar refractivity (Wildman–Crippen MR) is 60.5 cm³/mol. The standard InChI is InChI=1S/C11H7F3N2OS/c1-6-9(5-17)16-10(18-6)8-3-2-7(4-15-8)11(12,13)14/h2-5H,1H3. The molecule has 0 aliphatic heterocycles. The van der Waals surface area contributed by atoms with E-state index in [1.165, 1.54) is 17.4 Å². The van der Waals surface area contributed by atoms with Crippen molar-refractivity contribution in [3.63, 3.8) is 0 Å². The highest BCUT2D eigenvalue weighted by Crippen LogP contribution is 2.31. The number of hydrogen-bond donors (Lipinski definition) is 0. The van der Waals surface area contributed by atoms with Crippen LogP contribution in [0.3, 0.4) is 0 Å². The van der Waals surface area contributed by atoms with Crippen molar-refractivity contribution in [3.8, 4) is 10.7 Å². The van der Waals surface area contributed by atoms with Crippen molar-refractivity contribution in [3.05, 3.63) is 34.5 Å². The van der Waals surface area contributed by atoms with Gasteiger partial charge in [-0.15, -0.1) is 11.3 Å². The summed E-state index contributed by atoms with van der Waals surface area (Å²) in [5.74, 6) is 0. The lowest BCUT2D eigenvalue weighted by Crippen LogP contribution is -2.05. The van der Waals surface area contributed by atoms with Crippen LogP contribution < -0.4 is 0 Å². The van der Waals surface area contributed by atoms with Gasteiger partial charge in [0.2, 0.25) is 0 Å². The summed E-state index contributed by atoms with van der Waals surface area (Å²) in [5, 5.41) is 0.434. The van der Waals surface area contributed by atoms with E-state index in [4.69, 9.17) is 0 Å². The molecule has 0 N–H and O–H groups in total. The van der Waals surface area contributed by atoms with E-state index in [1.54, 1.807) is 6.92 Å². The molecule has 0 bridgehead atoms. The van der Waals surface area contributed by atoms with E-state index >= 15 is 0 Å². The van der Waals surface area contributed by atoms with Gasteiger partial charge in [-0.3, -0.25) is 9.78 Å². The van der Waals surface area contributed by atoms with Crippen LogP contribution in [-0.2, 0) is 6.18 Å². The molecule has 0 saturated carbocycles. The summed E-state index contributed by atoms with van der Waals surface area (Å²) in [6, 6.07) is 2.19. The molecule has 0 radical (unpaired) electrons. The lowest BCUT2D eigenvalue weighted by Gasteiger charge is -2.05. The van der Waals surface area contributed by atoms with E-state index in [2.05, 4.69) is 9.97 Å². The van der Waals surface area contributed by atoms with Gasteiger partial charge in [-0.05, 0) is 19.1 Å². The molecule has 0 unspecified atom stereocenters. The number of rotatable bonds is 2. The zero-order chi connectivity index (χ0) is 13.3. The monoisotopic (exact) mass is 272 g/mol. The van der Waals surface area contributed by atoms with Crippen molar-refractivity contribution >= 4 is 17.6 Å². The minimum absolute atomic E-state index is 0.289. The third kappa shape index (κ3) is 2.40. The lowest BCUT2D eigenvalue weighted by molar-refractivity contribution is -0.137. The predicted octanol–water partition coefficient (Wildman–Crippen LogP) is 3.34. The van der Waals surface area contributed by atoms with Crippen molar-refractivity contribution in [1.29, 1.82) is 0 Å². The Labute approximate surface area is 104 Å². The van der Waals surface area contributed by atoms with Crippen LogP contribution >= 0.6 is 11.3 Å². The van der Waals surface area contributed by atoms with E-state index in [1.807, 2.05) is 0 Å². The number of carbonyl (C=O) groups excluding carboxylic acids is 1. The fourth-order valence-corrected chi connectivity index (χ4v) is 2.17. The SMILES string of the molecule is Cc1sc(-c2ccc(C(F)(F)F)cn2)nc1C=O. The fraction of sp³-hybridized carbons (Fsp3) is 0.182. The molecular weight excluding hydrogens is 265 g/mol. The minimum atomic E-state index is -4.40. The Balaban J connectivity index is 2.37. The van der Waals surface area contributed by atoms with Crippen LogP contribution in [0.1, 0.15) is 20.9 Å². The molecule has 2 heterocycles. The van der Waals surface area contributed by atoms with Crippen molar-refractivity contribution in [2.75, 3.05) is 0 Å². The normalized spacial score (nSPS) is 11.6. The third-order valence-corrected chi connectivity index (χ3v) is 3.26. The Bertz CT molecular complexity index is 575. The Morgan fingerprint density at radius 1 is 1.33 bits per heavy atom. The topological polar surface area (TPSA) is 42.9 Å². The van der Waals surface area contributed by atoms with E-state index in [0.717, 1.165) is 12.3 Å². The number of pyridine rings is 1. The molecule has 0 saturated heterocycles. The number of aromatic nitrogens is 2. The highest BCUT2D eigenvalue weighted by Gasteiger charge is 2.30. The van der Waals surface area contributed by atoms with Gasteiger partial charge in [-0.25, -0.2) is 4.98 Å². The summed E-state index contributed by atoms with van der Waals surface area (Å²) in [6.07, 6.45) is -3.04. The third-order valence-electron chi connectivity index (χ3n) is 2.25. The van der Waals surface area contributed by atoms with E-state index in [-0.39, 0.29) is 5.69 Å². The average Bonchev–Trinajstić information content (AvgIpc) is 2.69. The summed E-state index contributed by atoms with van der Waals surface area (Å²) >= 11 is 1.22. The second-order valence-corrected chi connectivity index (χ2v) is 4.71. The molecule has 2 aromatic heterocycles. The summed E-state index contributed by atoms with van der Waals surface area (Å²) in [4.78, 5) is 19.1. The van der Waals surface area contributed by atoms with E-state index in [0.29, 0.717) is 21.9 Å². The maximum atomic E-state index is 12.3. The zero-order valence-corrected chi connectivity index (χ0v) is 9.97. The van der Waals surface area contributed by atoms with Crippen molar-refractivity contribution < 1.29 is 18.0 Å². The van der Waals surface area contributed by atoms with Crippen LogP contribution in [0.15, 0.2) is 18.3 Å². The molecular formula is C11H7F3N2OS. The Hall–Kier alpha value is -1.76. The van der Waals surface area contributed by atoms with Gasteiger partial charge in [0.25, 0.3) is 0 Å². The van der Waals surface area contributed by atoms with E-state index in [9.17, 15) is 18.0 Å². The highest BCUT2D eigenvalue weighted by molar-refractivity contribution is 7.15. The maximum Gasteiger partial charge on any atom is 0.417 e. The number of hydrogen-bond acceptors (Lipinski definition) is 4. The maximum absolute atomic E-state index is 12.3. The largest absolute Gasteiger partial charge is 0.417 e. The minimum Gasteiger partial charge on any atom is -0.296 e. The zero-order valence-electron chi connectivity index (χ0n) is 9.15. The number of halogens is 3. The fourth-order valence-electron chi connectivity index (χ4n) is 1.32. The van der Waals surface area contributed by atoms with Crippen LogP contribution in [0.25, 0.3) is 10.7 Å². The first-order valence-electron chi connectivity index (χ1n) is 4.88. The number of aryl methyl sites for hydroxylation is 1. The summed E-state index contributed by atoms with van der Waals surface area (Å²) in [5.41, 5.74) is -0.198. The summed E-state index contributed by atoms with van der Waals surface area (Å²) in [6.45, 7) is 1.72. The number of carbonyl (C=O) groups is 1. The Kier molecular flexibility index (Phi) is 3.16. The molecule has 2 aromatic rings. The van der Waals surface area contributed by atoms with Gasteiger partial charge < -0.3 is 0 Å². The number of nitrogens with zero attached hydrogens (tertiary/aromatic N) is 2. The van der Waals surface area contributed by atoms with Gasteiger partial charge in [0.05, 0.1) is 11.3 Å². The van der Waals surface area contributed by atoms with Crippen molar-refractivity contribution in [2.45, 2.75) is 13.1 Å². The Morgan fingerprint density at radius 3 is 2.50 bits per heavy atom. The van der Waals surface area contributed by atoms with Gasteiger partial charge in [-0.1, -0.05) is 0 Å². The molecule has 0 aliphatic rings. The van der Waals surface area contributed by atoms with Crippen molar-refractivity contribution in [1.82, 2.24) is 9.97 Å². The first-order chi connectivity index (χ1) is 8.41. The number of thiazole rings is 1. The molecule has 0 spiro atoms. The summed E-state index contributed by atoms with van der Waals surface area (Å²) in [7, 11) is 0. The number of aldehydes is 1. The molecule has 2 rings (SSSR count). The van der Waals surface area contributed by atoms with Crippen molar-refractivity contribution in [2.24, 2.45) is 0 Å². The molecule has 0 fully saturated rings. The highest BCUT2D eigenvalue weighted by atomic mass is 32.1. The van der Waals surface area contributed by atoms with E-state index < -0.39 is 11.7 Å². The van der Waals surface area contributed by atoms with Crippen LogP contribution in [0, 0.1) is 6.92 Å². The molecule has 0 amide bonds. The Morgan fingerprint density at radius 2 is 2.06 bits per heavy atom. The second kappa shape index (κ2) is 4.49. The first-order valence-corrected chi connectivity index (χ1v) is 5.69. The molecule has 3 nitrogen and oxygen atoms in total. The van der Waals surface area contributed by atoms with Gasteiger partial charge >= 0.3 is 6.18 Å². The molecule has 0 aliphatic carbocycles. The quantitative estimate of drug-likeness (QED) is 0.787. The second-order valence-electron chi connectivity index (χ2n) is 3.51. The molecule has 18 heavy (non-hydrogen) atoms. The summed E-state index contributed by atoms with van der Waals surface area (Å²) < 4.78 is 37.0. The van der Waals surface area contributed by atoms with Gasteiger partial charge in [-0.2, -0.15) is 13.2 Å². The first kappa shape index (κ1) is 12.7. The molecule has 0 aromatic carbocycles. The lowest BCUT2D eigenvalue weighted by atomic mass is 10.2. The van der Waals surface area contributed by atoms with Crippen LogP contribution in [0.4, 0.5) is 13.2 Å². The van der Waals surface area contributed by atoms with Crippen LogP contribution in [0.5, 0.6) is 0 Å². The van der Waals surface area contributed by atoms with Gasteiger partial charge in [0.15, 0.2) is 6.29 Å². The van der Waals surface area contributed by atoms with Crippen LogP contribution in [-0.4, -0.2) is 16.3 Å². The number of alkyl halides is 3. The average molecular weight is 272 g/mol. The van der Waals surface area contributed by atoms with Gasteiger partial charge in [0.1, 0.15) is 10.7 Å². The molecule has 94 valence electrons. The molecule has 0 atom stereocenters.